The van der Waals surface area contributed by atoms with Gasteiger partial charge in [0.05, 0.1) is 17.9 Å². The largest absolute Gasteiger partial charge is 0.481 e. The van der Waals surface area contributed by atoms with Gasteiger partial charge in [-0.3, -0.25) is 20.4 Å². The van der Waals surface area contributed by atoms with Crippen LogP contribution in [0.2, 0.25) is 5.02 Å². The predicted molar refractivity (Wildman–Crippen MR) is 145 cm³/mol. The Morgan fingerprint density at radius 2 is 1.81 bits per heavy atom. The molecule has 0 spiro atoms. The number of allylic oxidation sites excluding steroid dienone is 2. The molecule has 2 rings (SSSR count). The van der Waals surface area contributed by atoms with Crippen molar-refractivity contribution in [1.29, 1.82) is 0 Å². The van der Waals surface area contributed by atoms with E-state index >= 15 is 0 Å². The van der Waals surface area contributed by atoms with Crippen molar-refractivity contribution in [3.8, 4) is 0 Å². The van der Waals surface area contributed by atoms with Crippen molar-refractivity contribution in [2.24, 2.45) is 17.6 Å². The third-order valence-corrected chi connectivity index (χ3v) is 6.52. The number of hydrogen-bond acceptors (Lipinski definition) is 6. The van der Waals surface area contributed by atoms with Crippen molar-refractivity contribution in [2.75, 3.05) is 5.43 Å². The van der Waals surface area contributed by atoms with E-state index in [1.54, 1.807) is 24.3 Å². The van der Waals surface area contributed by atoms with Crippen LogP contribution in [0, 0.1) is 11.8 Å². The van der Waals surface area contributed by atoms with Gasteiger partial charge in [0.15, 0.2) is 0 Å². The number of carboxylic acids is 1. The molecule has 1 aromatic rings. The monoisotopic (exact) mass is 539 g/mol. The Hall–Kier alpha value is -2.62. The van der Waals surface area contributed by atoms with E-state index in [-0.39, 0.29) is 30.5 Å². The SMILES string of the molecule is CCCCCCC[C@H](O)[C@H]1C(O)CC(=O)[C@@H]1C/C=C\CCCC(=O)O.NC(=O)NNc1ccc(Cl)cc1. The van der Waals surface area contributed by atoms with Gasteiger partial charge < -0.3 is 21.1 Å². The Kier molecular flexibility index (Phi) is 16.3. The molecule has 1 aromatic carbocycles. The molecule has 0 bridgehead atoms. The lowest BCUT2D eigenvalue weighted by atomic mass is 9.84. The van der Waals surface area contributed by atoms with Crippen LogP contribution >= 0.6 is 11.6 Å². The molecule has 9 nitrogen and oxygen atoms in total. The first-order chi connectivity index (χ1) is 17.6. The standard InChI is InChI=1S/C20H34O5.C7H8ClN3O/c1-2-3-4-5-9-12-16(21)20-15(17(22)14-18(20)23)11-8-6-7-10-13-19(24)25;8-5-1-3-6(4-2-5)10-11-7(9)12/h6,8,15-16,18,20-21,23H,2-5,7,9-14H2,1H3,(H,24,25);1-4,10H,(H3,9,11,12)/b8-6-;/t15-,16-,18?,20-;/m0./s1. The molecule has 7 N–H and O–H groups in total. The van der Waals surface area contributed by atoms with Gasteiger partial charge in [-0.05, 0) is 49.9 Å². The molecule has 0 radical (unpaired) electrons. The van der Waals surface area contributed by atoms with E-state index in [1.165, 1.54) is 12.8 Å². The van der Waals surface area contributed by atoms with Crippen LogP contribution in [0.3, 0.4) is 0 Å². The maximum Gasteiger partial charge on any atom is 0.330 e. The summed E-state index contributed by atoms with van der Waals surface area (Å²) in [5, 5.41) is 29.9. The minimum Gasteiger partial charge on any atom is -0.481 e. The van der Waals surface area contributed by atoms with Crippen LogP contribution in [-0.4, -0.2) is 45.3 Å². The molecule has 208 valence electrons. The zero-order chi connectivity index (χ0) is 27.6. The Morgan fingerprint density at radius 3 is 2.43 bits per heavy atom. The van der Waals surface area contributed by atoms with Crippen molar-refractivity contribution in [2.45, 2.75) is 89.8 Å². The van der Waals surface area contributed by atoms with E-state index in [1.807, 2.05) is 12.2 Å². The number of amides is 2. The fourth-order valence-electron chi connectivity index (χ4n) is 4.34. The zero-order valence-corrected chi connectivity index (χ0v) is 22.3. The van der Waals surface area contributed by atoms with Crippen LogP contribution < -0.4 is 16.6 Å². The first-order valence-corrected chi connectivity index (χ1v) is 13.4. The van der Waals surface area contributed by atoms with Gasteiger partial charge in [-0.15, -0.1) is 0 Å². The maximum atomic E-state index is 12.1. The zero-order valence-electron chi connectivity index (χ0n) is 21.6. The third kappa shape index (κ3) is 14.0. The summed E-state index contributed by atoms with van der Waals surface area (Å²) in [4.78, 5) is 32.9. The summed E-state index contributed by atoms with van der Waals surface area (Å²) in [6.07, 6.45) is 10.6. The van der Waals surface area contributed by atoms with Gasteiger partial charge in [0.1, 0.15) is 5.78 Å². The number of nitrogens with one attached hydrogen (secondary N) is 2. The second-order valence-electron chi connectivity index (χ2n) is 9.31. The number of ketones is 1. The van der Waals surface area contributed by atoms with Crippen LogP contribution in [0.25, 0.3) is 0 Å². The molecule has 0 heterocycles. The highest BCUT2D eigenvalue weighted by Crippen LogP contribution is 2.36. The van der Waals surface area contributed by atoms with Crippen LogP contribution in [-0.2, 0) is 9.59 Å². The van der Waals surface area contributed by atoms with Gasteiger partial charge in [0.2, 0.25) is 0 Å². The molecule has 1 aliphatic rings. The fraction of sp³-hybridized carbons (Fsp3) is 0.593. The molecule has 0 saturated heterocycles. The Bertz CT molecular complexity index is 849. The molecule has 1 aliphatic carbocycles. The Labute approximate surface area is 224 Å². The highest BCUT2D eigenvalue weighted by molar-refractivity contribution is 6.30. The summed E-state index contributed by atoms with van der Waals surface area (Å²) in [5.41, 5.74) is 10.4. The lowest BCUT2D eigenvalue weighted by Crippen LogP contribution is -2.34. The molecule has 1 saturated carbocycles. The number of carbonyl (C=O) groups excluding carboxylic acids is 2. The lowest BCUT2D eigenvalue weighted by molar-refractivity contribution is -0.137. The van der Waals surface area contributed by atoms with Gasteiger partial charge in [-0.1, -0.05) is 62.8 Å². The summed E-state index contributed by atoms with van der Waals surface area (Å²) < 4.78 is 0. The lowest BCUT2D eigenvalue weighted by Gasteiger charge is -2.25. The molecule has 0 aromatic heterocycles. The molecule has 4 atom stereocenters. The van der Waals surface area contributed by atoms with Gasteiger partial charge in [-0.2, -0.15) is 0 Å². The third-order valence-electron chi connectivity index (χ3n) is 6.27. The number of aliphatic carboxylic acids is 1. The summed E-state index contributed by atoms with van der Waals surface area (Å²) in [5.74, 6) is -1.47. The number of aliphatic hydroxyl groups excluding tert-OH is 2. The molecule has 1 unspecified atom stereocenters. The normalized spacial score (nSPS) is 19.8. The number of anilines is 1. The average Bonchev–Trinajstić information content (AvgIpc) is 3.13. The number of hydrogen-bond donors (Lipinski definition) is 6. The predicted octanol–water partition coefficient (Wildman–Crippen LogP) is 4.81. The number of hydrazine groups is 1. The Morgan fingerprint density at radius 1 is 1.14 bits per heavy atom. The van der Waals surface area contributed by atoms with Crippen LogP contribution in [0.15, 0.2) is 36.4 Å². The molecule has 37 heavy (non-hydrogen) atoms. The van der Waals surface area contributed by atoms with Crippen LogP contribution in [0.1, 0.15) is 77.6 Å². The second-order valence-corrected chi connectivity index (χ2v) is 9.74. The number of aliphatic hydroxyl groups is 2. The van der Waals surface area contributed by atoms with E-state index in [0.717, 1.165) is 24.9 Å². The number of unbranched alkanes of at least 4 members (excludes halogenated alkanes) is 5. The van der Waals surface area contributed by atoms with Crippen LogP contribution in [0.4, 0.5) is 10.5 Å². The van der Waals surface area contributed by atoms with Crippen molar-refractivity contribution >= 4 is 35.1 Å². The first kappa shape index (κ1) is 32.4. The summed E-state index contributed by atoms with van der Waals surface area (Å²) in [7, 11) is 0. The number of rotatable bonds is 15. The van der Waals surface area contributed by atoms with Crippen molar-refractivity contribution in [3.05, 3.63) is 41.4 Å². The van der Waals surface area contributed by atoms with E-state index < -0.39 is 24.2 Å². The maximum absolute atomic E-state index is 12.1. The number of carboxylic acid groups (broad SMARTS) is 1. The highest BCUT2D eigenvalue weighted by Gasteiger charge is 2.44. The number of Topliss-reactive ketones (excluding diaryl/α,β-unsaturated/α-hetero) is 1. The molecular formula is C27H42ClN3O6. The van der Waals surface area contributed by atoms with Gasteiger partial charge >= 0.3 is 12.0 Å². The molecular weight excluding hydrogens is 498 g/mol. The summed E-state index contributed by atoms with van der Waals surface area (Å²) >= 11 is 5.63. The number of nitrogens with two attached hydrogens (primary N) is 1. The summed E-state index contributed by atoms with van der Waals surface area (Å²) in [6.45, 7) is 2.16. The van der Waals surface area contributed by atoms with E-state index in [9.17, 15) is 24.6 Å². The molecule has 1 fully saturated rings. The number of carbonyl (C=O) groups is 3. The van der Waals surface area contributed by atoms with Crippen molar-refractivity contribution in [3.63, 3.8) is 0 Å². The highest BCUT2D eigenvalue weighted by atomic mass is 35.5. The van der Waals surface area contributed by atoms with E-state index in [4.69, 9.17) is 22.4 Å². The number of primary amides is 1. The fourth-order valence-corrected chi connectivity index (χ4v) is 4.46. The minimum atomic E-state index is -0.801. The van der Waals surface area contributed by atoms with Crippen molar-refractivity contribution < 1.29 is 29.7 Å². The molecule has 10 heteroatoms. The van der Waals surface area contributed by atoms with Crippen molar-refractivity contribution in [1.82, 2.24) is 5.43 Å². The Balaban J connectivity index is 0.000000474. The molecule has 0 aliphatic heterocycles. The van der Waals surface area contributed by atoms with Gasteiger partial charge in [-0.25, -0.2) is 4.79 Å². The number of urea groups is 1. The van der Waals surface area contributed by atoms with Gasteiger partial charge in [0.25, 0.3) is 0 Å². The topological polar surface area (TPSA) is 162 Å². The smallest absolute Gasteiger partial charge is 0.330 e. The van der Waals surface area contributed by atoms with Gasteiger partial charge in [0, 0.05) is 29.7 Å². The van der Waals surface area contributed by atoms with E-state index in [2.05, 4.69) is 17.8 Å². The average molecular weight is 540 g/mol. The summed E-state index contributed by atoms with van der Waals surface area (Å²) in [6, 6.07) is 6.21. The first-order valence-electron chi connectivity index (χ1n) is 13.0. The van der Waals surface area contributed by atoms with Crippen LogP contribution in [0.5, 0.6) is 0 Å². The quantitative estimate of drug-likeness (QED) is 0.106. The number of halogens is 1. The van der Waals surface area contributed by atoms with E-state index in [0.29, 0.717) is 30.7 Å². The second kappa shape index (κ2) is 18.6. The molecule has 2 amide bonds. The minimum absolute atomic E-state index is 0.0257. The number of benzene rings is 1.